The zero-order chi connectivity index (χ0) is 14.3. The van der Waals surface area contributed by atoms with Crippen molar-refractivity contribution in [3.8, 4) is 0 Å². The molecule has 5 nitrogen and oxygen atoms in total. The number of aromatic nitrogens is 2. The highest BCUT2D eigenvalue weighted by molar-refractivity contribution is 5.93. The van der Waals surface area contributed by atoms with Gasteiger partial charge in [-0.15, -0.1) is 0 Å². The van der Waals surface area contributed by atoms with Gasteiger partial charge in [-0.25, -0.2) is 4.98 Å². The number of β-amino-alcohol motifs (C(OH)–C–C–N with tert-alkyl or cyclic N) is 1. The fraction of sp³-hybridized carbons (Fsp3) is 0.467. The van der Waals surface area contributed by atoms with Crippen LogP contribution in [0.5, 0.6) is 0 Å². The van der Waals surface area contributed by atoms with Gasteiger partial charge in [-0.3, -0.25) is 4.79 Å². The third-order valence-electron chi connectivity index (χ3n) is 4.12. The molecule has 2 atom stereocenters. The van der Waals surface area contributed by atoms with E-state index in [0.29, 0.717) is 18.8 Å². The molecule has 0 bridgehead atoms. The summed E-state index contributed by atoms with van der Waals surface area (Å²) >= 11 is 0. The van der Waals surface area contributed by atoms with E-state index >= 15 is 0 Å². The number of aliphatic hydroxyl groups excluding tert-OH is 1. The molecule has 2 aromatic rings. The molecular weight excluding hydrogens is 254 g/mol. The third kappa shape index (κ3) is 2.18. The SMILES string of the molecule is Cc1cccc2nc(C(=O)N3CCC(C)C(O)C3)cn12. The van der Waals surface area contributed by atoms with E-state index in [4.69, 9.17) is 0 Å². The highest BCUT2D eigenvalue weighted by Gasteiger charge is 2.28. The molecule has 0 saturated carbocycles. The Labute approximate surface area is 117 Å². The number of aryl methyl sites for hydroxylation is 1. The molecule has 1 N–H and O–H groups in total. The largest absolute Gasteiger partial charge is 0.391 e. The fourth-order valence-electron chi connectivity index (χ4n) is 2.65. The minimum Gasteiger partial charge on any atom is -0.391 e. The first kappa shape index (κ1) is 13.1. The van der Waals surface area contributed by atoms with Crippen LogP contribution < -0.4 is 0 Å². The summed E-state index contributed by atoms with van der Waals surface area (Å²) < 4.78 is 1.91. The Kier molecular flexibility index (Phi) is 3.22. The van der Waals surface area contributed by atoms with E-state index in [2.05, 4.69) is 4.98 Å². The molecular formula is C15H19N3O2. The Bertz CT molecular complexity index is 650. The quantitative estimate of drug-likeness (QED) is 0.856. The standard InChI is InChI=1S/C15H19N3O2/c1-10-6-7-17(9-13(10)19)15(20)12-8-18-11(2)4-3-5-14(18)16-12/h3-5,8,10,13,19H,6-7,9H2,1-2H3. The fourth-order valence-corrected chi connectivity index (χ4v) is 2.65. The number of amides is 1. The number of nitrogens with zero attached hydrogens (tertiary/aromatic N) is 3. The first-order chi connectivity index (χ1) is 9.56. The van der Waals surface area contributed by atoms with Gasteiger partial charge in [-0.2, -0.15) is 0 Å². The third-order valence-corrected chi connectivity index (χ3v) is 4.12. The summed E-state index contributed by atoms with van der Waals surface area (Å²) in [6.45, 7) is 5.08. The van der Waals surface area contributed by atoms with Crippen LogP contribution in [0, 0.1) is 12.8 Å². The van der Waals surface area contributed by atoms with Crippen molar-refractivity contribution in [2.24, 2.45) is 5.92 Å². The lowest BCUT2D eigenvalue weighted by atomic mass is 9.96. The first-order valence-electron chi connectivity index (χ1n) is 6.98. The van der Waals surface area contributed by atoms with Crippen molar-refractivity contribution in [1.82, 2.24) is 14.3 Å². The molecule has 2 aromatic heterocycles. The van der Waals surface area contributed by atoms with Crippen LogP contribution in [-0.4, -0.2) is 44.5 Å². The number of piperidine rings is 1. The number of fused-ring (bicyclic) bond motifs is 1. The van der Waals surface area contributed by atoms with Crippen molar-refractivity contribution in [3.05, 3.63) is 35.8 Å². The first-order valence-corrected chi connectivity index (χ1v) is 6.98. The van der Waals surface area contributed by atoms with Gasteiger partial charge in [-0.1, -0.05) is 13.0 Å². The number of carbonyl (C=O) groups is 1. The van der Waals surface area contributed by atoms with Gasteiger partial charge in [0.1, 0.15) is 11.3 Å². The van der Waals surface area contributed by atoms with E-state index in [1.54, 1.807) is 11.1 Å². The summed E-state index contributed by atoms with van der Waals surface area (Å²) in [6.07, 6.45) is 2.17. The van der Waals surface area contributed by atoms with Crippen LogP contribution >= 0.6 is 0 Å². The molecule has 0 radical (unpaired) electrons. The molecule has 106 valence electrons. The number of imidazole rings is 1. The van der Waals surface area contributed by atoms with Crippen molar-refractivity contribution in [1.29, 1.82) is 0 Å². The summed E-state index contributed by atoms with van der Waals surface area (Å²) in [5.74, 6) is 0.154. The van der Waals surface area contributed by atoms with Crippen LogP contribution in [0.2, 0.25) is 0 Å². The molecule has 20 heavy (non-hydrogen) atoms. The van der Waals surface area contributed by atoms with Gasteiger partial charge >= 0.3 is 0 Å². The average Bonchev–Trinajstić information content (AvgIpc) is 2.86. The lowest BCUT2D eigenvalue weighted by Crippen LogP contribution is -2.45. The topological polar surface area (TPSA) is 57.8 Å². The van der Waals surface area contributed by atoms with Crippen molar-refractivity contribution in [3.63, 3.8) is 0 Å². The van der Waals surface area contributed by atoms with Crippen LogP contribution in [0.15, 0.2) is 24.4 Å². The smallest absolute Gasteiger partial charge is 0.274 e. The predicted molar refractivity (Wildman–Crippen MR) is 75.6 cm³/mol. The second kappa shape index (κ2) is 4.90. The van der Waals surface area contributed by atoms with Crippen molar-refractivity contribution in [2.75, 3.05) is 13.1 Å². The second-order valence-electron chi connectivity index (χ2n) is 5.61. The van der Waals surface area contributed by atoms with E-state index in [1.165, 1.54) is 0 Å². The molecule has 0 spiro atoms. The highest BCUT2D eigenvalue weighted by Crippen LogP contribution is 2.19. The van der Waals surface area contributed by atoms with Crippen LogP contribution in [-0.2, 0) is 0 Å². The molecule has 1 aliphatic heterocycles. The maximum atomic E-state index is 12.5. The lowest BCUT2D eigenvalue weighted by molar-refractivity contribution is 0.0245. The molecule has 1 amide bonds. The number of aliphatic hydroxyl groups is 1. The number of hydrogen-bond donors (Lipinski definition) is 1. The molecule has 2 unspecified atom stereocenters. The van der Waals surface area contributed by atoms with E-state index in [9.17, 15) is 9.90 Å². The van der Waals surface area contributed by atoms with E-state index in [1.807, 2.05) is 36.4 Å². The maximum absolute atomic E-state index is 12.5. The van der Waals surface area contributed by atoms with Gasteiger partial charge in [0.15, 0.2) is 0 Å². The molecule has 5 heteroatoms. The van der Waals surface area contributed by atoms with Crippen molar-refractivity contribution in [2.45, 2.75) is 26.4 Å². The van der Waals surface area contributed by atoms with Gasteiger partial charge in [0.2, 0.25) is 0 Å². The molecule has 0 aromatic carbocycles. The molecule has 0 aliphatic carbocycles. The minimum atomic E-state index is -0.438. The molecule has 1 saturated heterocycles. The van der Waals surface area contributed by atoms with Gasteiger partial charge in [-0.05, 0) is 31.4 Å². The molecule has 1 fully saturated rings. The Morgan fingerprint density at radius 3 is 2.95 bits per heavy atom. The predicted octanol–water partition coefficient (Wildman–Crippen LogP) is 1.49. The van der Waals surface area contributed by atoms with Crippen molar-refractivity contribution >= 4 is 11.6 Å². The summed E-state index contributed by atoms with van der Waals surface area (Å²) in [5, 5.41) is 9.91. The van der Waals surface area contributed by atoms with E-state index < -0.39 is 6.10 Å². The highest BCUT2D eigenvalue weighted by atomic mass is 16.3. The second-order valence-corrected chi connectivity index (χ2v) is 5.61. The summed E-state index contributed by atoms with van der Waals surface area (Å²) in [4.78, 5) is 18.6. The minimum absolute atomic E-state index is 0.0981. The number of hydrogen-bond acceptors (Lipinski definition) is 3. The summed E-state index contributed by atoms with van der Waals surface area (Å²) in [6, 6.07) is 5.80. The Balaban J connectivity index is 1.87. The Hall–Kier alpha value is -1.88. The van der Waals surface area contributed by atoms with Crippen LogP contribution in [0.3, 0.4) is 0 Å². The van der Waals surface area contributed by atoms with Gasteiger partial charge < -0.3 is 14.4 Å². The molecule has 1 aliphatic rings. The zero-order valence-electron chi connectivity index (χ0n) is 11.8. The number of rotatable bonds is 1. The maximum Gasteiger partial charge on any atom is 0.274 e. The van der Waals surface area contributed by atoms with Crippen LogP contribution in [0.4, 0.5) is 0 Å². The van der Waals surface area contributed by atoms with Gasteiger partial charge in [0, 0.05) is 25.0 Å². The van der Waals surface area contributed by atoms with Gasteiger partial charge in [0.25, 0.3) is 5.91 Å². The van der Waals surface area contributed by atoms with Crippen molar-refractivity contribution < 1.29 is 9.90 Å². The summed E-state index contributed by atoms with van der Waals surface area (Å²) in [7, 11) is 0. The molecule has 3 heterocycles. The Morgan fingerprint density at radius 1 is 1.45 bits per heavy atom. The van der Waals surface area contributed by atoms with Crippen LogP contribution in [0.1, 0.15) is 29.5 Å². The monoisotopic (exact) mass is 273 g/mol. The number of pyridine rings is 1. The number of carbonyl (C=O) groups excluding carboxylic acids is 1. The van der Waals surface area contributed by atoms with E-state index in [0.717, 1.165) is 17.8 Å². The van der Waals surface area contributed by atoms with Crippen LogP contribution in [0.25, 0.3) is 5.65 Å². The van der Waals surface area contributed by atoms with Gasteiger partial charge in [0.05, 0.1) is 6.10 Å². The zero-order valence-corrected chi connectivity index (χ0v) is 11.8. The molecule has 3 rings (SSSR count). The Morgan fingerprint density at radius 2 is 2.25 bits per heavy atom. The van der Waals surface area contributed by atoms with E-state index in [-0.39, 0.29) is 11.8 Å². The average molecular weight is 273 g/mol. The number of likely N-dealkylation sites (tertiary alicyclic amines) is 1. The normalized spacial score (nSPS) is 23.2. The lowest BCUT2D eigenvalue weighted by Gasteiger charge is -2.33. The summed E-state index contributed by atoms with van der Waals surface area (Å²) in [5.41, 5.74) is 2.27.